The summed E-state index contributed by atoms with van der Waals surface area (Å²) in [5, 5.41) is 9.03. The van der Waals surface area contributed by atoms with Crippen molar-refractivity contribution in [3.05, 3.63) is 47.3 Å². The third kappa shape index (κ3) is 2.18. The first-order chi connectivity index (χ1) is 8.09. The summed E-state index contributed by atoms with van der Waals surface area (Å²) in [6.07, 6.45) is 3.16. The molecule has 2 aromatic rings. The number of carboxylic acids is 1. The van der Waals surface area contributed by atoms with Gasteiger partial charge in [0, 0.05) is 17.6 Å². The maximum absolute atomic E-state index is 11.0. The lowest BCUT2D eigenvalue weighted by Crippen LogP contribution is -2.07. The Balaban J connectivity index is 2.37. The maximum Gasteiger partial charge on any atom is 0.337 e. The largest absolute Gasteiger partial charge is 0.478 e. The molecule has 5 heteroatoms. The molecule has 0 bridgehead atoms. The van der Waals surface area contributed by atoms with Gasteiger partial charge in [0.15, 0.2) is 0 Å². The van der Waals surface area contributed by atoms with Crippen LogP contribution in [0.1, 0.15) is 27.4 Å². The third-order valence-electron chi connectivity index (χ3n) is 2.77. The van der Waals surface area contributed by atoms with Gasteiger partial charge in [-0.2, -0.15) is 0 Å². The van der Waals surface area contributed by atoms with E-state index in [1.807, 2.05) is 17.6 Å². The minimum absolute atomic E-state index is 0.344. The van der Waals surface area contributed by atoms with Gasteiger partial charge in [-0.05, 0) is 26.0 Å². The van der Waals surface area contributed by atoms with E-state index in [4.69, 9.17) is 5.11 Å². The van der Waals surface area contributed by atoms with Crippen LogP contribution in [0.25, 0.3) is 0 Å². The summed E-state index contributed by atoms with van der Waals surface area (Å²) in [4.78, 5) is 19.0. The smallest absolute Gasteiger partial charge is 0.337 e. The van der Waals surface area contributed by atoms with Crippen LogP contribution in [0.2, 0.25) is 0 Å². The molecule has 2 rings (SSSR count). The zero-order valence-corrected chi connectivity index (χ0v) is 9.71. The summed E-state index contributed by atoms with van der Waals surface area (Å²) < 4.78 is 1.94. The number of aryl methyl sites for hydroxylation is 1. The number of nitrogens with zero attached hydrogens (tertiary/aromatic N) is 3. The van der Waals surface area contributed by atoms with E-state index >= 15 is 0 Å². The van der Waals surface area contributed by atoms with Gasteiger partial charge < -0.3 is 9.67 Å². The Labute approximate surface area is 98.8 Å². The number of rotatable bonds is 3. The van der Waals surface area contributed by atoms with Gasteiger partial charge in [-0.1, -0.05) is 0 Å². The Hall–Kier alpha value is -2.17. The van der Waals surface area contributed by atoms with E-state index in [1.54, 1.807) is 19.2 Å². The van der Waals surface area contributed by atoms with Gasteiger partial charge >= 0.3 is 5.97 Å². The number of carbonyl (C=O) groups is 1. The molecule has 0 aromatic carbocycles. The number of carboxylic acid groups (broad SMARTS) is 1. The average molecular weight is 231 g/mol. The van der Waals surface area contributed by atoms with Crippen molar-refractivity contribution in [1.29, 1.82) is 0 Å². The number of hydrogen-bond acceptors (Lipinski definition) is 3. The number of hydrogen-bond donors (Lipinski definition) is 1. The standard InChI is InChI=1S/C12H13N3O2/c1-8-5-11(12(16)17)9(2)15(8)6-10-3-4-13-7-14-10/h3-5,7H,6H2,1-2H3,(H,16,17). The fourth-order valence-corrected chi connectivity index (χ4v) is 1.83. The number of aromatic nitrogens is 3. The van der Waals surface area contributed by atoms with Crippen molar-refractivity contribution in [2.45, 2.75) is 20.4 Å². The molecule has 5 nitrogen and oxygen atoms in total. The molecule has 0 aliphatic carbocycles. The lowest BCUT2D eigenvalue weighted by Gasteiger charge is -2.08. The topological polar surface area (TPSA) is 68.0 Å². The monoisotopic (exact) mass is 231 g/mol. The highest BCUT2D eigenvalue weighted by molar-refractivity contribution is 5.89. The predicted molar refractivity (Wildman–Crippen MR) is 62.0 cm³/mol. The molecular formula is C12H13N3O2. The van der Waals surface area contributed by atoms with E-state index in [1.165, 1.54) is 6.33 Å². The molecule has 0 unspecified atom stereocenters. The molecule has 0 aliphatic heterocycles. The van der Waals surface area contributed by atoms with Crippen LogP contribution in [-0.4, -0.2) is 25.6 Å². The summed E-state index contributed by atoms with van der Waals surface area (Å²) in [7, 11) is 0. The van der Waals surface area contributed by atoms with E-state index in [9.17, 15) is 4.79 Å². The zero-order chi connectivity index (χ0) is 12.4. The Morgan fingerprint density at radius 1 is 1.47 bits per heavy atom. The van der Waals surface area contributed by atoms with E-state index in [2.05, 4.69) is 9.97 Å². The fraction of sp³-hybridized carbons (Fsp3) is 0.250. The quantitative estimate of drug-likeness (QED) is 0.871. The molecule has 1 N–H and O–H groups in total. The maximum atomic E-state index is 11.0. The first-order valence-electron chi connectivity index (χ1n) is 5.24. The van der Waals surface area contributed by atoms with E-state index in [0.717, 1.165) is 17.1 Å². The molecule has 0 radical (unpaired) electrons. The SMILES string of the molecule is Cc1cc(C(=O)O)c(C)n1Cc1ccncn1. The first-order valence-corrected chi connectivity index (χ1v) is 5.24. The molecule has 88 valence electrons. The fourth-order valence-electron chi connectivity index (χ4n) is 1.83. The Bertz CT molecular complexity index is 546. The molecule has 17 heavy (non-hydrogen) atoms. The third-order valence-corrected chi connectivity index (χ3v) is 2.77. The van der Waals surface area contributed by atoms with Crippen LogP contribution >= 0.6 is 0 Å². The van der Waals surface area contributed by atoms with Crippen molar-refractivity contribution in [2.75, 3.05) is 0 Å². The van der Waals surface area contributed by atoms with Crippen molar-refractivity contribution >= 4 is 5.97 Å². The molecule has 0 fully saturated rings. The van der Waals surface area contributed by atoms with E-state index < -0.39 is 5.97 Å². The van der Waals surface area contributed by atoms with Gasteiger partial charge in [0.2, 0.25) is 0 Å². The van der Waals surface area contributed by atoms with Gasteiger partial charge in [-0.25, -0.2) is 14.8 Å². The van der Waals surface area contributed by atoms with Crippen LogP contribution in [0.4, 0.5) is 0 Å². The molecular weight excluding hydrogens is 218 g/mol. The Kier molecular flexibility index (Phi) is 2.91. The second-order valence-corrected chi connectivity index (χ2v) is 3.88. The van der Waals surface area contributed by atoms with Crippen molar-refractivity contribution < 1.29 is 9.90 Å². The van der Waals surface area contributed by atoms with Gasteiger partial charge in [-0.3, -0.25) is 0 Å². The minimum Gasteiger partial charge on any atom is -0.478 e. The van der Waals surface area contributed by atoms with Crippen LogP contribution in [-0.2, 0) is 6.54 Å². The molecule has 0 aliphatic rings. The molecule has 0 atom stereocenters. The lowest BCUT2D eigenvalue weighted by molar-refractivity contribution is 0.0696. The lowest BCUT2D eigenvalue weighted by atomic mass is 10.2. The van der Waals surface area contributed by atoms with E-state index in [0.29, 0.717) is 12.1 Å². The second kappa shape index (κ2) is 4.37. The second-order valence-electron chi connectivity index (χ2n) is 3.88. The molecule has 0 spiro atoms. The molecule has 0 saturated heterocycles. The van der Waals surface area contributed by atoms with Crippen LogP contribution in [0.5, 0.6) is 0 Å². The molecule has 0 amide bonds. The van der Waals surface area contributed by atoms with Crippen LogP contribution in [0.15, 0.2) is 24.7 Å². The zero-order valence-electron chi connectivity index (χ0n) is 9.71. The highest BCUT2D eigenvalue weighted by atomic mass is 16.4. The minimum atomic E-state index is -0.896. The van der Waals surface area contributed by atoms with Crippen LogP contribution in [0, 0.1) is 13.8 Å². The highest BCUT2D eigenvalue weighted by Gasteiger charge is 2.14. The molecule has 2 aromatic heterocycles. The predicted octanol–water partition coefficient (Wildman–Crippen LogP) is 1.64. The van der Waals surface area contributed by atoms with Crippen molar-refractivity contribution in [1.82, 2.24) is 14.5 Å². The highest BCUT2D eigenvalue weighted by Crippen LogP contribution is 2.16. The Morgan fingerprint density at radius 2 is 2.24 bits per heavy atom. The van der Waals surface area contributed by atoms with Gasteiger partial charge in [0.25, 0.3) is 0 Å². The van der Waals surface area contributed by atoms with Gasteiger partial charge in [-0.15, -0.1) is 0 Å². The van der Waals surface area contributed by atoms with E-state index in [-0.39, 0.29) is 0 Å². The summed E-state index contributed by atoms with van der Waals surface area (Å²) in [5.41, 5.74) is 2.86. The summed E-state index contributed by atoms with van der Waals surface area (Å²) in [6.45, 7) is 4.26. The van der Waals surface area contributed by atoms with Gasteiger partial charge in [0.05, 0.1) is 17.8 Å². The van der Waals surface area contributed by atoms with Crippen molar-refractivity contribution in [3.63, 3.8) is 0 Å². The molecule has 0 saturated carbocycles. The van der Waals surface area contributed by atoms with Crippen LogP contribution < -0.4 is 0 Å². The summed E-state index contributed by atoms with van der Waals surface area (Å²) in [6, 6.07) is 3.50. The van der Waals surface area contributed by atoms with Crippen LogP contribution in [0.3, 0.4) is 0 Å². The van der Waals surface area contributed by atoms with Crippen molar-refractivity contribution in [2.24, 2.45) is 0 Å². The first kappa shape index (κ1) is 11.3. The average Bonchev–Trinajstić information content (AvgIpc) is 2.58. The summed E-state index contributed by atoms with van der Waals surface area (Å²) in [5.74, 6) is -0.896. The number of aromatic carboxylic acids is 1. The normalized spacial score (nSPS) is 10.5. The van der Waals surface area contributed by atoms with Gasteiger partial charge in [0.1, 0.15) is 6.33 Å². The summed E-state index contributed by atoms with van der Waals surface area (Å²) >= 11 is 0. The van der Waals surface area contributed by atoms with Crippen molar-refractivity contribution in [3.8, 4) is 0 Å². The molecule has 2 heterocycles. The Morgan fingerprint density at radius 3 is 2.76 bits per heavy atom.